The highest BCUT2D eigenvalue weighted by Crippen LogP contribution is 2.56. The number of hydrogen-bond donors (Lipinski definition) is 0. The van der Waals surface area contributed by atoms with Gasteiger partial charge in [0, 0.05) is 6.61 Å². The second-order valence-electron chi connectivity index (χ2n) is 5.90. The molecule has 1 heterocycles. The number of ether oxygens (including phenoxy) is 3. The summed E-state index contributed by atoms with van der Waals surface area (Å²) in [6, 6.07) is 0. The lowest BCUT2D eigenvalue weighted by Gasteiger charge is -2.41. The maximum atomic E-state index is 14.2. The highest BCUT2D eigenvalue weighted by molar-refractivity contribution is 4.96. The fraction of sp³-hybridized carbons (Fsp3) is 1.00. The molecule has 1 saturated heterocycles. The standard InChI is InChI=1S/C12H8F16O3/c13-5(14)6(15,4-2-1-3-29-4)30-12(27,28)8(18,10(22,23)24)31-11(25,26)7(16,17)9(19,20)21/h4-5H,1-3H2. The molecule has 0 spiro atoms. The van der Waals surface area contributed by atoms with Crippen molar-refractivity contribution >= 4 is 0 Å². The van der Waals surface area contributed by atoms with E-state index in [9.17, 15) is 70.2 Å². The van der Waals surface area contributed by atoms with Gasteiger partial charge in [0.15, 0.2) is 0 Å². The second-order valence-corrected chi connectivity index (χ2v) is 5.90. The summed E-state index contributed by atoms with van der Waals surface area (Å²) in [5.74, 6) is -20.7. The van der Waals surface area contributed by atoms with Gasteiger partial charge in [0.1, 0.15) is 6.10 Å². The SMILES string of the molecule is FC(F)C(F)(OC(F)(F)C(F)(OC(F)(F)C(F)(F)C(F)(F)F)C(F)(F)F)C1CCCO1. The summed E-state index contributed by atoms with van der Waals surface area (Å²) in [6.45, 7) is -0.648. The van der Waals surface area contributed by atoms with E-state index in [4.69, 9.17) is 0 Å². The van der Waals surface area contributed by atoms with Gasteiger partial charge in [-0.3, -0.25) is 9.47 Å². The lowest BCUT2D eigenvalue weighted by molar-refractivity contribution is -0.548. The first-order chi connectivity index (χ1) is 13.5. The Hall–Kier alpha value is -1.24. The molecular weight excluding hydrogens is 496 g/mol. The summed E-state index contributed by atoms with van der Waals surface area (Å²) in [5, 5.41) is 0. The number of rotatable bonds is 8. The van der Waals surface area contributed by atoms with Gasteiger partial charge in [-0.1, -0.05) is 0 Å². The van der Waals surface area contributed by atoms with Crippen LogP contribution in [0.5, 0.6) is 0 Å². The van der Waals surface area contributed by atoms with Gasteiger partial charge in [-0.25, -0.2) is 13.2 Å². The van der Waals surface area contributed by atoms with Gasteiger partial charge in [-0.05, 0) is 12.8 Å². The zero-order valence-electron chi connectivity index (χ0n) is 14.0. The van der Waals surface area contributed by atoms with Crippen molar-refractivity contribution in [3.8, 4) is 0 Å². The minimum atomic E-state index is -7.71. The molecule has 1 rings (SSSR count). The van der Waals surface area contributed by atoms with Crippen LogP contribution in [0.1, 0.15) is 12.8 Å². The molecule has 3 nitrogen and oxygen atoms in total. The quantitative estimate of drug-likeness (QED) is 0.395. The minimum absolute atomic E-state index is 0.371. The molecule has 0 amide bonds. The van der Waals surface area contributed by atoms with E-state index in [-0.39, 0.29) is 6.42 Å². The molecule has 1 aliphatic heterocycles. The summed E-state index contributed by atoms with van der Waals surface area (Å²) in [4.78, 5) is 0. The van der Waals surface area contributed by atoms with E-state index in [1.54, 1.807) is 0 Å². The maximum Gasteiger partial charge on any atom is 0.462 e. The summed E-state index contributed by atoms with van der Waals surface area (Å²) in [7, 11) is 0. The number of halogens is 16. The Morgan fingerprint density at radius 3 is 1.48 bits per heavy atom. The average Bonchev–Trinajstić information content (AvgIpc) is 3.06. The maximum absolute atomic E-state index is 14.2. The first-order valence-corrected chi connectivity index (χ1v) is 7.41. The van der Waals surface area contributed by atoms with Crippen molar-refractivity contribution in [1.29, 1.82) is 0 Å². The van der Waals surface area contributed by atoms with Crippen LogP contribution in [0.25, 0.3) is 0 Å². The van der Waals surface area contributed by atoms with Crippen LogP contribution >= 0.6 is 0 Å². The third kappa shape index (κ3) is 4.76. The molecule has 1 fully saturated rings. The van der Waals surface area contributed by atoms with Gasteiger partial charge in [0.2, 0.25) is 0 Å². The van der Waals surface area contributed by atoms with E-state index >= 15 is 0 Å². The van der Waals surface area contributed by atoms with Crippen molar-refractivity contribution in [2.24, 2.45) is 0 Å². The molecule has 0 aromatic rings. The monoisotopic (exact) mass is 504 g/mol. The lowest BCUT2D eigenvalue weighted by atomic mass is 10.1. The van der Waals surface area contributed by atoms with E-state index in [1.807, 2.05) is 0 Å². The Labute approximate surface area is 160 Å². The Morgan fingerprint density at radius 2 is 1.16 bits per heavy atom. The van der Waals surface area contributed by atoms with Crippen LogP contribution in [0.15, 0.2) is 0 Å². The molecule has 0 saturated carbocycles. The van der Waals surface area contributed by atoms with Crippen molar-refractivity contribution in [3.05, 3.63) is 0 Å². The first kappa shape index (κ1) is 27.8. The third-order valence-electron chi connectivity index (χ3n) is 3.68. The minimum Gasteiger partial charge on any atom is -0.372 e. The van der Waals surface area contributed by atoms with Crippen LogP contribution in [0.3, 0.4) is 0 Å². The Kier molecular flexibility index (Phi) is 7.14. The van der Waals surface area contributed by atoms with Gasteiger partial charge in [-0.15, -0.1) is 0 Å². The van der Waals surface area contributed by atoms with Crippen molar-refractivity contribution in [2.75, 3.05) is 6.61 Å². The summed E-state index contributed by atoms with van der Waals surface area (Å²) >= 11 is 0. The fourth-order valence-corrected chi connectivity index (χ4v) is 2.09. The molecule has 0 radical (unpaired) electrons. The van der Waals surface area contributed by atoms with E-state index in [1.165, 1.54) is 4.74 Å². The molecule has 1 aliphatic rings. The van der Waals surface area contributed by atoms with Gasteiger partial charge in [0.25, 0.3) is 6.43 Å². The number of alkyl halides is 16. The topological polar surface area (TPSA) is 27.7 Å². The first-order valence-electron chi connectivity index (χ1n) is 7.41. The molecule has 19 heteroatoms. The highest BCUT2D eigenvalue weighted by Gasteiger charge is 2.84. The smallest absolute Gasteiger partial charge is 0.372 e. The predicted molar refractivity (Wildman–Crippen MR) is 61.8 cm³/mol. The van der Waals surface area contributed by atoms with Crippen molar-refractivity contribution in [2.45, 2.75) is 67.6 Å². The molecule has 0 aliphatic carbocycles. The zero-order valence-corrected chi connectivity index (χ0v) is 14.0. The predicted octanol–water partition coefficient (Wildman–Crippen LogP) is 5.74. The molecule has 31 heavy (non-hydrogen) atoms. The Morgan fingerprint density at radius 1 is 0.677 bits per heavy atom. The zero-order chi connectivity index (χ0) is 24.9. The second kappa shape index (κ2) is 7.96. The van der Waals surface area contributed by atoms with Crippen LogP contribution in [-0.2, 0) is 14.2 Å². The summed E-state index contributed by atoms with van der Waals surface area (Å²) < 4.78 is 215. The molecule has 0 aromatic heterocycles. The normalized spacial score (nSPS) is 23.7. The van der Waals surface area contributed by atoms with E-state index in [0.29, 0.717) is 0 Å². The van der Waals surface area contributed by atoms with Crippen LogP contribution in [-0.4, -0.2) is 61.3 Å². The lowest BCUT2D eigenvalue weighted by Crippen LogP contribution is -2.67. The summed E-state index contributed by atoms with van der Waals surface area (Å²) in [6.07, 6.45) is -39.2. The molecule has 0 bridgehead atoms. The van der Waals surface area contributed by atoms with Gasteiger partial charge in [0.05, 0.1) is 0 Å². The van der Waals surface area contributed by atoms with Gasteiger partial charge < -0.3 is 4.74 Å². The van der Waals surface area contributed by atoms with Gasteiger partial charge >= 0.3 is 42.2 Å². The summed E-state index contributed by atoms with van der Waals surface area (Å²) in [5.41, 5.74) is 0. The van der Waals surface area contributed by atoms with E-state index < -0.39 is 67.8 Å². The fourth-order valence-electron chi connectivity index (χ4n) is 2.09. The Bertz CT molecular complexity index is 624. The van der Waals surface area contributed by atoms with Crippen molar-refractivity contribution < 1.29 is 84.5 Å². The Balaban J connectivity index is 3.48. The van der Waals surface area contributed by atoms with Crippen LogP contribution in [0.4, 0.5) is 70.2 Å². The number of hydrogen-bond acceptors (Lipinski definition) is 3. The molecule has 0 N–H and O–H groups in total. The highest BCUT2D eigenvalue weighted by atomic mass is 19.4. The average molecular weight is 504 g/mol. The van der Waals surface area contributed by atoms with Crippen LogP contribution < -0.4 is 0 Å². The molecule has 0 aromatic carbocycles. The van der Waals surface area contributed by atoms with Crippen molar-refractivity contribution in [1.82, 2.24) is 0 Å². The molecule has 186 valence electrons. The largest absolute Gasteiger partial charge is 0.462 e. The van der Waals surface area contributed by atoms with Crippen LogP contribution in [0.2, 0.25) is 0 Å². The third-order valence-corrected chi connectivity index (χ3v) is 3.68. The molecule has 3 atom stereocenters. The molecular formula is C12H8F16O3. The van der Waals surface area contributed by atoms with Crippen LogP contribution in [0, 0.1) is 0 Å². The van der Waals surface area contributed by atoms with Crippen molar-refractivity contribution in [3.63, 3.8) is 0 Å². The van der Waals surface area contributed by atoms with E-state index in [0.717, 1.165) is 0 Å². The van der Waals surface area contributed by atoms with Gasteiger partial charge in [-0.2, -0.15) is 57.1 Å². The molecule has 3 unspecified atom stereocenters. The van der Waals surface area contributed by atoms with E-state index in [2.05, 4.69) is 9.47 Å².